The highest BCUT2D eigenvalue weighted by molar-refractivity contribution is 5.68. The molecule has 2 N–H and O–H groups in total. The summed E-state index contributed by atoms with van der Waals surface area (Å²) < 4.78 is 5.43. The van der Waals surface area contributed by atoms with Crippen LogP contribution in [0, 0.1) is 5.41 Å². The number of amides is 1. The van der Waals surface area contributed by atoms with Gasteiger partial charge in [-0.15, -0.1) is 0 Å². The van der Waals surface area contributed by atoms with E-state index in [-0.39, 0.29) is 11.7 Å². The van der Waals surface area contributed by atoms with Crippen LogP contribution in [0.1, 0.15) is 40.0 Å². The van der Waals surface area contributed by atoms with E-state index >= 15 is 0 Å². The summed E-state index contributed by atoms with van der Waals surface area (Å²) in [6.45, 7) is 9.93. The number of nitrogens with zero attached hydrogens (tertiary/aromatic N) is 1. The fraction of sp³-hybridized carbons (Fsp3) is 0.923. The fourth-order valence-electron chi connectivity index (χ4n) is 2.92. The molecule has 2 saturated heterocycles. The van der Waals surface area contributed by atoms with Crippen LogP contribution in [-0.4, -0.2) is 42.8 Å². The summed E-state index contributed by atoms with van der Waals surface area (Å²) in [5.74, 6) is 0. The number of carbonyl (C=O) groups excluding carboxylic acids is 1. The quantitative estimate of drug-likeness (QED) is 0.687. The molecule has 0 saturated carbocycles. The Morgan fingerprint density at radius 2 is 2.12 bits per heavy atom. The molecule has 0 aromatic rings. The van der Waals surface area contributed by atoms with E-state index in [1.807, 2.05) is 25.7 Å². The fourth-order valence-corrected chi connectivity index (χ4v) is 2.92. The summed E-state index contributed by atoms with van der Waals surface area (Å²) in [6.07, 6.45) is 3.55. The standard InChI is InChI=1S/C13H24N2O2/c1-12(2,3)17-11(16)15-8-6-13(10-15)5-4-7-14-9-13/h14H,4-10H2,1-3H3/p+1/t13-/m0/s1. The van der Waals surface area contributed by atoms with E-state index in [9.17, 15) is 4.79 Å². The molecule has 0 aromatic carbocycles. The zero-order valence-electron chi connectivity index (χ0n) is 11.3. The largest absolute Gasteiger partial charge is 0.444 e. The van der Waals surface area contributed by atoms with Crippen molar-refractivity contribution in [2.24, 2.45) is 5.41 Å². The molecule has 0 bridgehead atoms. The van der Waals surface area contributed by atoms with Crippen molar-refractivity contribution in [3.8, 4) is 0 Å². The monoisotopic (exact) mass is 241 g/mol. The summed E-state index contributed by atoms with van der Waals surface area (Å²) in [4.78, 5) is 13.9. The third kappa shape index (κ3) is 3.12. The van der Waals surface area contributed by atoms with E-state index in [4.69, 9.17) is 4.74 Å². The highest BCUT2D eigenvalue weighted by atomic mass is 16.6. The summed E-state index contributed by atoms with van der Waals surface area (Å²) in [5.41, 5.74) is -0.0132. The smallest absolute Gasteiger partial charge is 0.410 e. The maximum Gasteiger partial charge on any atom is 0.410 e. The molecule has 98 valence electrons. The lowest BCUT2D eigenvalue weighted by Gasteiger charge is -2.31. The van der Waals surface area contributed by atoms with Crippen molar-refractivity contribution in [2.45, 2.75) is 45.6 Å². The Morgan fingerprint density at radius 3 is 2.71 bits per heavy atom. The molecule has 0 aliphatic carbocycles. The van der Waals surface area contributed by atoms with Gasteiger partial charge < -0.3 is 15.0 Å². The molecule has 0 unspecified atom stereocenters. The predicted molar refractivity (Wildman–Crippen MR) is 65.8 cm³/mol. The number of quaternary nitrogens is 1. The predicted octanol–water partition coefficient (Wildman–Crippen LogP) is 0.971. The van der Waals surface area contributed by atoms with Crippen LogP contribution in [0.15, 0.2) is 0 Å². The van der Waals surface area contributed by atoms with Crippen LogP contribution in [-0.2, 0) is 4.74 Å². The number of carbonyl (C=O) groups is 1. The van der Waals surface area contributed by atoms with Gasteiger partial charge in [-0.25, -0.2) is 4.79 Å². The van der Waals surface area contributed by atoms with Gasteiger partial charge in [0.25, 0.3) is 0 Å². The highest BCUT2D eigenvalue weighted by Crippen LogP contribution is 2.35. The van der Waals surface area contributed by atoms with Crippen molar-refractivity contribution < 1.29 is 14.8 Å². The minimum Gasteiger partial charge on any atom is -0.444 e. The van der Waals surface area contributed by atoms with Gasteiger partial charge in [0.15, 0.2) is 0 Å². The molecule has 2 rings (SSSR count). The first kappa shape index (κ1) is 12.7. The first-order chi connectivity index (χ1) is 7.90. The molecular weight excluding hydrogens is 216 g/mol. The first-order valence-corrected chi connectivity index (χ1v) is 6.70. The van der Waals surface area contributed by atoms with E-state index in [1.165, 1.54) is 25.9 Å². The van der Waals surface area contributed by atoms with Gasteiger partial charge in [-0.05, 0) is 40.0 Å². The van der Waals surface area contributed by atoms with Crippen LogP contribution in [0.4, 0.5) is 4.79 Å². The second-order valence-electron chi connectivity index (χ2n) is 6.54. The van der Waals surface area contributed by atoms with Gasteiger partial charge in [-0.2, -0.15) is 0 Å². The van der Waals surface area contributed by atoms with E-state index in [2.05, 4.69) is 5.32 Å². The molecule has 0 aromatic heterocycles. The maximum absolute atomic E-state index is 12.0. The van der Waals surface area contributed by atoms with Gasteiger partial charge >= 0.3 is 6.09 Å². The van der Waals surface area contributed by atoms with Crippen molar-refractivity contribution in [3.63, 3.8) is 0 Å². The third-order valence-corrected chi connectivity index (χ3v) is 3.78. The minimum absolute atomic E-state index is 0.139. The number of rotatable bonds is 0. The molecule has 0 radical (unpaired) electrons. The Labute approximate surface area is 104 Å². The number of hydrogen-bond acceptors (Lipinski definition) is 2. The lowest BCUT2D eigenvalue weighted by Crippen LogP contribution is -2.89. The van der Waals surface area contributed by atoms with Crippen LogP contribution in [0.3, 0.4) is 0 Å². The molecule has 2 aliphatic heterocycles. The van der Waals surface area contributed by atoms with Gasteiger partial charge in [0.2, 0.25) is 0 Å². The van der Waals surface area contributed by atoms with E-state index in [0.29, 0.717) is 5.41 Å². The molecular formula is C13H25N2O2+. The van der Waals surface area contributed by atoms with Crippen LogP contribution >= 0.6 is 0 Å². The molecule has 1 spiro atoms. The van der Waals surface area contributed by atoms with Gasteiger partial charge in [-0.3, -0.25) is 0 Å². The van der Waals surface area contributed by atoms with E-state index in [0.717, 1.165) is 19.5 Å². The third-order valence-electron chi connectivity index (χ3n) is 3.78. The van der Waals surface area contributed by atoms with Crippen LogP contribution in [0.5, 0.6) is 0 Å². The maximum atomic E-state index is 12.0. The molecule has 2 heterocycles. The summed E-state index contributed by atoms with van der Waals surface area (Å²) >= 11 is 0. The van der Waals surface area contributed by atoms with Gasteiger partial charge in [0.1, 0.15) is 5.60 Å². The molecule has 1 amide bonds. The summed E-state index contributed by atoms with van der Waals surface area (Å²) in [7, 11) is 0. The van der Waals surface area contributed by atoms with Crippen molar-refractivity contribution in [1.29, 1.82) is 0 Å². The molecule has 17 heavy (non-hydrogen) atoms. The van der Waals surface area contributed by atoms with E-state index < -0.39 is 0 Å². The van der Waals surface area contributed by atoms with Gasteiger partial charge in [0.05, 0.1) is 13.1 Å². The molecule has 1 atom stereocenters. The number of piperidine rings is 1. The second-order valence-corrected chi connectivity index (χ2v) is 6.54. The van der Waals surface area contributed by atoms with Crippen molar-refractivity contribution in [2.75, 3.05) is 26.2 Å². The SMILES string of the molecule is CC(C)(C)OC(=O)N1CC[C@]2(CCC[NH2+]C2)C1. The Bertz CT molecular complexity index is 290. The average molecular weight is 241 g/mol. The van der Waals surface area contributed by atoms with Crippen molar-refractivity contribution in [3.05, 3.63) is 0 Å². The Balaban J connectivity index is 1.91. The lowest BCUT2D eigenvalue weighted by molar-refractivity contribution is -0.675. The van der Waals surface area contributed by atoms with E-state index in [1.54, 1.807) is 0 Å². The number of nitrogens with two attached hydrogens (primary N) is 1. The lowest BCUT2D eigenvalue weighted by atomic mass is 9.80. The minimum atomic E-state index is -0.383. The first-order valence-electron chi connectivity index (χ1n) is 6.70. The average Bonchev–Trinajstić information content (AvgIpc) is 2.61. The normalized spacial score (nSPS) is 29.7. The van der Waals surface area contributed by atoms with Crippen LogP contribution < -0.4 is 5.32 Å². The summed E-state index contributed by atoms with van der Waals surface area (Å²) in [6, 6.07) is 0. The second kappa shape index (κ2) is 4.48. The highest BCUT2D eigenvalue weighted by Gasteiger charge is 2.43. The molecule has 2 aliphatic rings. The van der Waals surface area contributed by atoms with Crippen molar-refractivity contribution >= 4 is 6.09 Å². The Kier molecular flexibility index (Phi) is 3.34. The number of hydrogen-bond donors (Lipinski definition) is 1. The zero-order valence-corrected chi connectivity index (χ0v) is 11.3. The summed E-state index contributed by atoms with van der Waals surface area (Å²) in [5, 5.41) is 2.39. The zero-order chi connectivity index (χ0) is 12.5. The number of ether oxygens (including phenoxy) is 1. The molecule has 4 nitrogen and oxygen atoms in total. The van der Waals surface area contributed by atoms with Gasteiger partial charge in [0, 0.05) is 18.5 Å². The van der Waals surface area contributed by atoms with Crippen LogP contribution in [0.2, 0.25) is 0 Å². The Hall–Kier alpha value is -0.770. The van der Waals surface area contributed by atoms with Crippen LogP contribution in [0.25, 0.3) is 0 Å². The molecule has 4 heteroatoms. The Morgan fingerprint density at radius 1 is 1.35 bits per heavy atom. The molecule has 2 fully saturated rings. The number of likely N-dealkylation sites (tertiary alicyclic amines) is 1. The van der Waals surface area contributed by atoms with Gasteiger partial charge in [-0.1, -0.05) is 0 Å². The topological polar surface area (TPSA) is 46.1 Å². The van der Waals surface area contributed by atoms with Crippen molar-refractivity contribution in [1.82, 2.24) is 4.90 Å².